The molecule has 0 radical (unpaired) electrons. The van der Waals surface area contributed by atoms with Gasteiger partial charge in [0.15, 0.2) is 0 Å². The van der Waals surface area contributed by atoms with Crippen molar-refractivity contribution in [2.45, 2.75) is 50.9 Å². The first kappa shape index (κ1) is 12.6. The second-order valence-corrected chi connectivity index (χ2v) is 5.93. The fraction of sp³-hybridized carbons (Fsp3) is 0.917. The SMILES string of the molecule is CC(C)(C)OC(=O)N1C[C@@H](CO)OCC12CC2. The first-order valence-corrected chi connectivity index (χ1v) is 6.09. The Hall–Kier alpha value is -0.810. The molecule has 1 saturated heterocycles. The van der Waals surface area contributed by atoms with Crippen LogP contribution >= 0.6 is 0 Å². The Labute approximate surface area is 102 Å². The molecule has 1 heterocycles. The molecule has 1 amide bonds. The quantitative estimate of drug-likeness (QED) is 0.750. The van der Waals surface area contributed by atoms with Gasteiger partial charge < -0.3 is 14.6 Å². The van der Waals surface area contributed by atoms with Crippen LogP contribution in [0.3, 0.4) is 0 Å². The Morgan fingerprint density at radius 3 is 2.65 bits per heavy atom. The average molecular weight is 243 g/mol. The van der Waals surface area contributed by atoms with Crippen LogP contribution < -0.4 is 0 Å². The highest BCUT2D eigenvalue weighted by Crippen LogP contribution is 2.45. The van der Waals surface area contributed by atoms with Crippen LogP contribution in [-0.4, -0.2) is 53.1 Å². The van der Waals surface area contributed by atoms with Crippen molar-refractivity contribution in [2.75, 3.05) is 19.8 Å². The van der Waals surface area contributed by atoms with Crippen molar-refractivity contribution in [1.82, 2.24) is 4.90 Å². The minimum absolute atomic E-state index is 0.0601. The molecule has 0 aromatic rings. The molecule has 1 atom stereocenters. The van der Waals surface area contributed by atoms with Gasteiger partial charge in [-0.2, -0.15) is 0 Å². The van der Waals surface area contributed by atoms with Crippen LogP contribution in [0.5, 0.6) is 0 Å². The van der Waals surface area contributed by atoms with E-state index in [1.807, 2.05) is 20.8 Å². The first-order chi connectivity index (χ1) is 7.86. The maximum Gasteiger partial charge on any atom is 0.410 e. The summed E-state index contributed by atoms with van der Waals surface area (Å²) >= 11 is 0. The van der Waals surface area contributed by atoms with Gasteiger partial charge >= 0.3 is 6.09 Å². The molecule has 1 saturated carbocycles. The molecule has 0 unspecified atom stereocenters. The second-order valence-electron chi connectivity index (χ2n) is 5.93. The Bertz CT molecular complexity index is 306. The van der Waals surface area contributed by atoms with E-state index in [0.717, 1.165) is 12.8 Å². The Kier molecular flexibility index (Phi) is 3.08. The fourth-order valence-corrected chi connectivity index (χ4v) is 2.06. The largest absolute Gasteiger partial charge is 0.444 e. The average Bonchev–Trinajstić information content (AvgIpc) is 2.97. The highest BCUT2D eigenvalue weighted by Gasteiger charge is 2.54. The highest BCUT2D eigenvalue weighted by molar-refractivity contribution is 5.70. The predicted octanol–water partition coefficient (Wildman–Crippen LogP) is 1.15. The number of carbonyl (C=O) groups excluding carboxylic acids is 1. The van der Waals surface area contributed by atoms with Gasteiger partial charge in [0.05, 0.1) is 31.4 Å². The summed E-state index contributed by atoms with van der Waals surface area (Å²) < 4.78 is 10.9. The number of morpholine rings is 1. The molecule has 1 aliphatic carbocycles. The Morgan fingerprint density at radius 2 is 2.18 bits per heavy atom. The van der Waals surface area contributed by atoms with Gasteiger partial charge in [0.1, 0.15) is 5.60 Å². The van der Waals surface area contributed by atoms with Crippen LogP contribution in [0.4, 0.5) is 4.79 Å². The van der Waals surface area contributed by atoms with E-state index >= 15 is 0 Å². The first-order valence-electron chi connectivity index (χ1n) is 6.09. The minimum Gasteiger partial charge on any atom is -0.444 e. The van der Waals surface area contributed by atoms with Crippen molar-refractivity contribution in [1.29, 1.82) is 0 Å². The van der Waals surface area contributed by atoms with Gasteiger partial charge in [-0.25, -0.2) is 4.79 Å². The third-order valence-electron chi connectivity index (χ3n) is 3.19. The van der Waals surface area contributed by atoms with Crippen molar-refractivity contribution in [3.63, 3.8) is 0 Å². The number of aliphatic hydroxyl groups excluding tert-OH is 1. The van der Waals surface area contributed by atoms with E-state index in [4.69, 9.17) is 14.6 Å². The summed E-state index contributed by atoms with van der Waals surface area (Å²) in [5.74, 6) is 0. The fourth-order valence-electron chi connectivity index (χ4n) is 2.06. The van der Waals surface area contributed by atoms with Crippen LogP contribution in [-0.2, 0) is 9.47 Å². The van der Waals surface area contributed by atoms with Gasteiger partial charge in [-0.15, -0.1) is 0 Å². The van der Waals surface area contributed by atoms with Crippen molar-refractivity contribution in [3.05, 3.63) is 0 Å². The van der Waals surface area contributed by atoms with Crippen LogP contribution in [0.15, 0.2) is 0 Å². The molecule has 5 heteroatoms. The van der Waals surface area contributed by atoms with Crippen molar-refractivity contribution in [2.24, 2.45) is 0 Å². The molecule has 1 spiro atoms. The van der Waals surface area contributed by atoms with Crippen LogP contribution in [0.2, 0.25) is 0 Å². The number of amides is 1. The molecule has 0 aromatic carbocycles. The van der Waals surface area contributed by atoms with E-state index in [2.05, 4.69) is 0 Å². The van der Waals surface area contributed by atoms with Crippen LogP contribution in [0.25, 0.3) is 0 Å². The molecule has 0 aromatic heterocycles. The Morgan fingerprint density at radius 1 is 1.53 bits per heavy atom. The lowest BCUT2D eigenvalue weighted by molar-refractivity contribution is -0.0926. The van der Waals surface area contributed by atoms with E-state index in [1.165, 1.54) is 0 Å². The molecule has 5 nitrogen and oxygen atoms in total. The van der Waals surface area contributed by atoms with Crippen LogP contribution in [0.1, 0.15) is 33.6 Å². The van der Waals surface area contributed by atoms with Gasteiger partial charge in [0, 0.05) is 0 Å². The summed E-state index contributed by atoms with van der Waals surface area (Å²) in [7, 11) is 0. The number of nitrogens with zero attached hydrogens (tertiary/aromatic N) is 1. The van der Waals surface area contributed by atoms with E-state index in [1.54, 1.807) is 4.90 Å². The standard InChI is InChI=1S/C12H21NO4/c1-11(2,3)17-10(15)13-6-9(7-14)16-8-12(13)4-5-12/h9,14H,4-8H2,1-3H3/t9-/m0/s1. The zero-order valence-electron chi connectivity index (χ0n) is 10.7. The lowest BCUT2D eigenvalue weighted by Gasteiger charge is -2.40. The molecule has 2 fully saturated rings. The van der Waals surface area contributed by atoms with Gasteiger partial charge in [-0.1, -0.05) is 0 Å². The zero-order chi connectivity index (χ0) is 12.7. The van der Waals surface area contributed by atoms with Gasteiger partial charge in [0.2, 0.25) is 0 Å². The molecule has 1 aliphatic heterocycles. The Balaban J connectivity index is 2.03. The number of carbonyl (C=O) groups is 1. The molecular formula is C12H21NO4. The molecule has 0 bridgehead atoms. The number of hydrogen-bond acceptors (Lipinski definition) is 4. The van der Waals surface area contributed by atoms with E-state index in [0.29, 0.717) is 13.2 Å². The molecule has 2 rings (SSSR count). The zero-order valence-corrected chi connectivity index (χ0v) is 10.7. The molecule has 17 heavy (non-hydrogen) atoms. The predicted molar refractivity (Wildman–Crippen MR) is 61.7 cm³/mol. The van der Waals surface area contributed by atoms with Crippen molar-refractivity contribution < 1.29 is 19.4 Å². The summed E-state index contributed by atoms with van der Waals surface area (Å²) in [6.45, 7) is 6.44. The van der Waals surface area contributed by atoms with E-state index in [9.17, 15) is 4.79 Å². The summed E-state index contributed by atoms with van der Waals surface area (Å²) in [4.78, 5) is 13.8. The maximum absolute atomic E-state index is 12.1. The molecule has 1 N–H and O–H groups in total. The third kappa shape index (κ3) is 2.72. The van der Waals surface area contributed by atoms with Crippen molar-refractivity contribution in [3.8, 4) is 0 Å². The monoisotopic (exact) mass is 243 g/mol. The summed E-state index contributed by atoms with van der Waals surface area (Å²) in [6.07, 6.45) is 1.35. The smallest absolute Gasteiger partial charge is 0.410 e. The van der Waals surface area contributed by atoms with E-state index in [-0.39, 0.29) is 24.3 Å². The molecule has 2 aliphatic rings. The summed E-state index contributed by atoms with van der Waals surface area (Å²) in [5.41, 5.74) is -0.645. The minimum atomic E-state index is -0.486. The second kappa shape index (κ2) is 4.14. The lowest BCUT2D eigenvalue weighted by Crippen LogP contribution is -2.56. The summed E-state index contributed by atoms with van der Waals surface area (Å²) in [6, 6.07) is 0. The molecular weight excluding hydrogens is 222 g/mol. The number of rotatable bonds is 1. The van der Waals surface area contributed by atoms with Gasteiger partial charge in [-0.05, 0) is 33.6 Å². The van der Waals surface area contributed by atoms with Gasteiger partial charge in [0.25, 0.3) is 0 Å². The highest BCUT2D eigenvalue weighted by atomic mass is 16.6. The summed E-state index contributed by atoms with van der Waals surface area (Å²) in [5, 5.41) is 9.11. The number of ether oxygens (including phenoxy) is 2. The van der Waals surface area contributed by atoms with Gasteiger partial charge in [-0.3, -0.25) is 4.90 Å². The lowest BCUT2D eigenvalue weighted by atomic mass is 10.1. The normalized spacial score (nSPS) is 27.1. The van der Waals surface area contributed by atoms with E-state index < -0.39 is 5.60 Å². The number of aliphatic hydroxyl groups is 1. The topological polar surface area (TPSA) is 59.0 Å². The van der Waals surface area contributed by atoms with Crippen molar-refractivity contribution >= 4 is 6.09 Å². The number of hydrogen-bond donors (Lipinski definition) is 1. The third-order valence-corrected chi connectivity index (χ3v) is 3.19. The van der Waals surface area contributed by atoms with Crippen LogP contribution in [0, 0.1) is 0 Å². The maximum atomic E-state index is 12.1. The molecule has 98 valence electrons.